The number of nitriles is 1. The molecule has 1 aromatic rings. The summed E-state index contributed by atoms with van der Waals surface area (Å²) in [5.74, 6) is 0. The monoisotopic (exact) mass is 234 g/mol. The first-order valence-electron chi connectivity index (χ1n) is 5.21. The maximum absolute atomic E-state index is 11.5. The number of hydrogen-bond donors (Lipinski definition) is 1. The molecule has 1 rings (SSSR count). The Balaban J connectivity index is 2.60. The Labute approximate surface area is 99.8 Å². The van der Waals surface area contributed by atoms with Crippen LogP contribution in [-0.2, 0) is 11.3 Å². The van der Waals surface area contributed by atoms with Crippen LogP contribution < -0.4 is 0 Å². The molecule has 1 amide bonds. The summed E-state index contributed by atoms with van der Waals surface area (Å²) < 4.78 is 4.76. The summed E-state index contributed by atoms with van der Waals surface area (Å²) in [4.78, 5) is 12.8. The molecule has 0 bridgehead atoms. The smallest absolute Gasteiger partial charge is 0.411 e. The molecule has 5 heteroatoms. The summed E-state index contributed by atoms with van der Waals surface area (Å²) in [6, 6.07) is 11.2. The summed E-state index contributed by atoms with van der Waals surface area (Å²) in [5.41, 5.74) is 0.920. The van der Waals surface area contributed by atoms with E-state index in [4.69, 9.17) is 15.1 Å². The molecule has 90 valence electrons. The van der Waals surface area contributed by atoms with Crippen molar-refractivity contribution in [1.29, 1.82) is 5.26 Å². The Hall–Kier alpha value is -2.06. The van der Waals surface area contributed by atoms with Crippen LogP contribution in [0.25, 0.3) is 0 Å². The van der Waals surface area contributed by atoms with E-state index in [1.54, 1.807) is 0 Å². The lowest BCUT2D eigenvalue weighted by Gasteiger charge is -2.18. The van der Waals surface area contributed by atoms with E-state index in [2.05, 4.69) is 0 Å². The molecule has 0 atom stereocenters. The molecule has 0 unspecified atom stereocenters. The molecule has 0 aromatic heterocycles. The number of benzene rings is 1. The highest BCUT2D eigenvalue weighted by atomic mass is 16.6. The quantitative estimate of drug-likeness (QED) is 0.775. The van der Waals surface area contributed by atoms with Crippen LogP contribution in [0.1, 0.15) is 5.56 Å². The maximum atomic E-state index is 11.5. The van der Waals surface area contributed by atoms with Gasteiger partial charge in [0.2, 0.25) is 0 Å². The van der Waals surface area contributed by atoms with Gasteiger partial charge in [0.1, 0.15) is 13.2 Å². The predicted octanol–water partition coefficient (Wildman–Crippen LogP) is 1.14. The summed E-state index contributed by atoms with van der Waals surface area (Å²) in [5, 5.41) is 17.2. The molecule has 0 aliphatic heterocycles. The van der Waals surface area contributed by atoms with Gasteiger partial charge in [0, 0.05) is 0 Å². The SMILES string of the molecule is N#CCN(Cc1ccccc1)C(=O)OCCO. The molecule has 5 nitrogen and oxygen atoms in total. The molecule has 1 aromatic carbocycles. The average molecular weight is 234 g/mol. The van der Waals surface area contributed by atoms with Crippen molar-refractivity contribution in [2.75, 3.05) is 19.8 Å². The Kier molecular flexibility index (Phi) is 5.55. The van der Waals surface area contributed by atoms with Gasteiger partial charge in [-0.2, -0.15) is 5.26 Å². The van der Waals surface area contributed by atoms with Crippen LogP contribution in [0.5, 0.6) is 0 Å². The second-order valence-corrected chi connectivity index (χ2v) is 3.34. The highest BCUT2D eigenvalue weighted by Gasteiger charge is 2.14. The van der Waals surface area contributed by atoms with Crippen LogP contribution in [0.3, 0.4) is 0 Å². The average Bonchev–Trinajstić information content (AvgIpc) is 2.36. The Morgan fingerprint density at radius 3 is 2.71 bits per heavy atom. The largest absolute Gasteiger partial charge is 0.447 e. The van der Waals surface area contributed by atoms with E-state index < -0.39 is 6.09 Å². The van der Waals surface area contributed by atoms with Gasteiger partial charge in [0.05, 0.1) is 19.2 Å². The summed E-state index contributed by atoms with van der Waals surface area (Å²) >= 11 is 0. The van der Waals surface area contributed by atoms with Gasteiger partial charge in [-0.15, -0.1) is 0 Å². The number of carbonyl (C=O) groups excluding carboxylic acids is 1. The van der Waals surface area contributed by atoms with Crippen LogP contribution in [0.2, 0.25) is 0 Å². The minimum absolute atomic E-state index is 0.0425. The number of carbonyl (C=O) groups is 1. The first-order valence-corrected chi connectivity index (χ1v) is 5.21. The molecular formula is C12H14N2O3. The molecule has 17 heavy (non-hydrogen) atoms. The van der Waals surface area contributed by atoms with E-state index in [-0.39, 0.29) is 19.8 Å². The fourth-order valence-corrected chi connectivity index (χ4v) is 1.30. The van der Waals surface area contributed by atoms with Gasteiger partial charge in [0.15, 0.2) is 0 Å². The molecule has 0 heterocycles. The third kappa shape index (κ3) is 4.53. The van der Waals surface area contributed by atoms with Gasteiger partial charge >= 0.3 is 6.09 Å². The van der Waals surface area contributed by atoms with E-state index in [1.165, 1.54) is 4.90 Å². The number of nitrogens with zero attached hydrogens (tertiary/aromatic N) is 2. The minimum atomic E-state index is -0.593. The number of amides is 1. The number of aliphatic hydroxyl groups is 1. The zero-order valence-electron chi connectivity index (χ0n) is 9.37. The molecule has 0 spiro atoms. The lowest BCUT2D eigenvalue weighted by Crippen LogP contribution is -2.32. The van der Waals surface area contributed by atoms with Crippen molar-refractivity contribution in [3.63, 3.8) is 0 Å². The van der Waals surface area contributed by atoms with Crippen molar-refractivity contribution in [2.45, 2.75) is 6.54 Å². The minimum Gasteiger partial charge on any atom is -0.447 e. The van der Waals surface area contributed by atoms with Gasteiger partial charge in [-0.25, -0.2) is 4.79 Å². The summed E-state index contributed by atoms with van der Waals surface area (Å²) in [6.45, 7) is -0.00909. The second kappa shape index (κ2) is 7.25. The van der Waals surface area contributed by atoms with E-state index in [9.17, 15) is 4.79 Å². The molecule has 0 aliphatic rings. The lowest BCUT2D eigenvalue weighted by atomic mass is 10.2. The maximum Gasteiger partial charge on any atom is 0.411 e. The Morgan fingerprint density at radius 1 is 1.41 bits per heavy atom. The van der Waals surface area contributed by atoms with Gasteiger partial charge in [-0.05, 0) is 5.56 Å². The fraction of sp³-hybridized carbons (Fsp3) is 0.333. The van der Waals surface area contributed by atoms with Gasteiger partial charge in [-0.1, -0.05) is 30.3 Å². The Morgan fingerprint density at radius 2 is 2.12 bits per heavy atom. The fourth-order valence-electron chi connectivity index (χ4n) is 1.30. The molecule has 0 saturated heterocycles. The third-order valence-electron chi connectivity index (χ3n) is 2.05. The van der Waals surface area contributed by atoms with Crippen molar-refractivity contribution >= 4 is 6.09 Å². The highest BCUT2D eigenvalue weighted by molar-refractivity contribution is 5.68. The van der Waals surface area contributed by atoms with Crippen LogP contribution in [0.4, 0.5) is 4.79 Å². The van der Waals surface area contributed by atoms with Crippen molar-refractivity contribution in [3.8, 4) is 6.07 Å². The zero-order chi connectivity index (χ0) is 12.5. The lowest BCUT2D eigenvalue weighted by molar-refractivity contribution is 0.0858. The second-order valence-electron chi connectivity index (χ2n) is 3.34. The molecule has 0 fully saturated rings. The molecule has 1 N–H and O–H groups in total. The third-order valence-corrected chi connectivity index (χ3v) is 2.05. The predicted molar refractivity (Wildman–Crippen MR) is 60.9 cm³/mol. The zero-order valence-corrected chi connectivity index (χ0v) is 9.37. The first kappa shape index (κ1) is 13.0. The van der Waals surface area contributed by atoms with Crippen LogP contribution in [0.15, 0.2) is 30.3 Å². The first-order chi connectivity index (χ1) is 8.27. The van der Waals surface area contributed by atoms with Crippen molar-refractivity contribution in [2.24, 2.45) is 0 Å². The van der Waals surface area contributed by atoms with Crippen molar-refractivity contribution in [3.05, 3.63) is 35.9 Å². The van der Waals surface area contributed by atoms with E-state index in [0.717, 1.165) is 5.56 Å². The summed E-state index contributed by atoms with van der Waals surface area (Å²) in [6.07, 6.45) is -0.593. The van der Waals surface area contributed by atoms with E-state index >= 15 is 0 Å². The van der Waals surface area contributed by atoms with E-state index in [1.807, 2.05) is 36.4 Å². The topological polar surface area (TPSA) is 73.6 Å². The van der Waals surface area contributed by atoms with Gasteiger partial charge < -0.3 is 9.84 Å². The number of ether oxygens (including phenoxy) is 1. The van der Waals surface area contributed by atoms with Gasteiger partial charge in [-0.3, -0.25) is 4.90 Å². The molecule has 0 radical (unpaired) electrons. The van der Waals surface area contributed by atoms with E-state index in [0.29, 0.717) is 6.54 Å². The number of rotatable bonds is 5. The van der Waals surface area contributed by atoms with Gasteiger partial charge in [0.25, 0.3) is 0 Å². The highest BCUT2D eigenvalue weighted by Crippen LogP contribution is 2.05. The number of aliphatic hydroxyl groups excluding tert-OH is 1. The Bertz CT molecular complexity index is 386. The van der Waals surface area contributed by atoms with Crippen LogP contribution in [-0.4, -0.2) is 35.9 Å². The summed E-state index contributed by atoms with van der Waals surface area (Å²) in [7, 11) is 0. The standard InChI is InChI=1S/C12H14N2O3/c13-6-7-14(12(16)17-9-8-15)10-11-4-2-1-3-5-11/h1-5,15H,7-10H2. The number of hydrogen-bond acceptors (Lipinski definition) is 4. The normalized spacial score (nSPS) is 9.41. The van der Waals surface area contributed by atoms with Crippen molar-refractivity contribution in [1.82, 2.24) is 4.90 Å². The van der Waals surface area contributed by atoms with Crippen LogP contribution in [0, 0.1) is 11.3 Å². The van der Waals surface area contributed by atoms with Crippen molar-refractivity contribution < 1.29 is 14.6 Å². The molecule has 0 saturated carbocycles. The molecule has 0 aliphatic carbocycles. The molecular weight excluding hydrogens is 220 g/mol. The van der Waals surface area contributed by atoms with Crippen LogP contribution >= 0.6 is 0 Å².